The van der Waals surface area contributed by atoms with Gasteiger partial charge in [-0.05, 0) is 13.1 Å². The molecule has 1 atom stereocenters. The van der Waals surface area contributed by atoms with Gasteiger partial charge in [-0.25, -0.2) is 4.98 Å². The van der Waals surface area contributed by atoms with E-state index in [0.717, 1.165) is 32.0 Å². The molecule has 3 rings (SSSR count). The van der Waals surface area contributed by atoms with Crippen LogP contribution in [0.25, 0.3) is 11.4 Å². The van der Waals surface area contributed by atoms with E-state index in [-0.39, 0.29) is 0 Å². The molecule has 2 heterocycles. The first kappa shape index (κ1) is 14.3. The molecule has 1 aliphatic rings. The van der Waals surface area contributed by atoms with Crippen molar-refractivity contribution in [2.45, 2.75) is 26.4 Å². The highest BCUT2D eigenvalue weighted by atomic mass is 15.2. The maximum atomic E-state index is 5.00. The van der Waals surface area contributed by atoms with Gasteiger partial charge in [0, 0.05) is 25.7 Å². The first-order chi connectivity index (χ1) is 10.3. The van der Waals surface area contributed by atoms with Crippen LogP contribution in [0.15, 0.2) is 30.3 Å². The average Bonchev–Trinajstić information content (AvgIpc) is 2.88. The molecule has 1 aliphatic heterocycles. The Balaban J connectivity index is 2.05. The number of hydrogen-bond acceptors (Lipinski definition) is 3. The maximum Gasteiger partial charge on any atom is 0.140 e. The van der Waals surface area contributed by atoms with Gasteiger partial charge in [-0.3, -0.25) is 4.90 Å². The fourth-order valence-corrected chi connectivity index (χ4v) is 3.27. The van der Waals surface area contributed by atoms with Crippen molar-refractivity contribution < 1.29 is 0 Å². The molecule has 1 unspecified atom stereocenters. The van der Waals surface area contributed by atoms with E-state index in [1.54, 1.807) is 0 Å². The fourth-order valence-electron chi connectivity index (χ4n) is 3.27. The van der Waals surface area contributed by atoms with Crippen molar-refractivity contribution in [2.24, 2.45) is 7.05 Å². The highest BCUT2D eigenvalue weighted by Crippen LogP contribution is 2.30. The van der Waals surface area contributed by atoms with Crippen molar-refractivity contribution in [1.82, 2.24) is 19.8 Å². The number of hydrogen-bond donors (Lipinski definition) is 1. The van der Waals surface area contributed by atoms with Gasteiger partial charge in [0.1, 0.15) is 5.82 Å². The number of nitrogens with one attached hydrogen (secondary N) is 1. The van der Waals surface area contributed by atoms with Crippen molar-refractivity contribution in [3.05, 3.63) is 41.7 Å². The Bertz CT molecular complexity index is 599. The van der Waals surface area contributed by atoms with Crippen LogP contribution in [-0.2, 0) is 13.6 Å². The molecule has 2 aromatic rings. The summed E-state index contributed by atoms with van der Waals surface area (Å²) >= 11 is 0. The van der Waals surface area contributed by atoms with Crippen LogP contribution in [0.2, 0.25) is 0 Å². The lowest BCUT2D eigenvalue weighted by molar-refractivity contribution is 0.200. The Labute approximate surface area is 126 Å². The standard InChI is InChI=1S/C17H24N4/c1-4-21(5-2)15-12-18-11-14-16(15)19-17(20(14)3)13-9-7-6-8-10-13/h6-10,15,18H,4-5,11-12H2,1-3H3. The molecule has 1 aromatic carbocycles. The van der Waals surface area contributed by atoms with Gasteiger partial charge < -0.3 is 9.88 Å². The molecule has 112 valence electrons. The number of aromatic nitrogens is 2. The highest BCUT2D eigenvalue weighted by Gasteiger charge is 2.29. The Morgan fingerprint density at radius 3 is 2.62 bits per heavy atom. The zero-order valence-corrected chi connectivity index (χ0v) is 13.1. The molecule has 0 saturated carbocycles. The molecule has 0 spiro atoms. The molecule has 1 aromatic heterocycles. The molecule has 0 radical (unpaired) electrons. The summed E-state index contributed by atoms with van der Waals surface area (Å²) in [4.78, 5) is 7.48. The minimum atomic E-state index is 0.382. The van der Waals surface area contributed by atoms with E-state index >= 15 is 0 Å². The van der Waals surface area contributed by atoms with Crippen LogP contribution in [0.4, 0.5) is 0 Å². The summed E-state index contributed by atoms with van der Waals surface area (Å²) in [6.07, 6.45) is 0. The molecule has 4 nitrogen and oxygen atoms in total. The van der Waals surface area contributed by atoms with Gasteiger partial charge in [-0.1, -0.05) is 44.2 Å². The first-order valence-electron chi connectivity index (χ1n) is 7.81. The average molecular weight is 284 g/mol. The van der Waals surface area contributed by atoms with Gasteiger partial charge in [-0.15, -0.1) is 0 Å². The molecule has 1 N–H and O–H groups in total. The zero-order chi connectivity index (χ0) is 14.8. The van der Waals surface area contributed by atoms with E-state index in [1.807, 2.05) is 6.07 Å². The Morgan fingerprint density at radius 1 is 1.24 bits per heavy atom. The van der Waals surface area contributed by atoms with Crippen LogP contribution in [0, 0.1) is 0 Å². The van der Waals surface area contributed by atoms with Gasteiger partial charge in [0.25, 0.3) is 0 Å². The number of likely N-dealkylation sites (N-methyl/N-ethyl adjacent to an activating group) is 1. The second-order valence-corrected chi connectivity index (χ2v) is 5.56. The zero-order valence-electron chi connectivity index (χ0n) is 13.1. The van der Waals surface area contributed by atoms with E-state index in [9.17, 15) is 0 Å². The minimum Gasteiger partial charge on any atom is -0.330 e. The maximum absolute atomic E-state index is 5.00. The molecule has 0 saturated heterocycles. The van der Waals surface area contributed by atoms with Gasteiger partial charge >= 0.3 is 0 Å². The summed E-state index contributed by atoms with van der Waals surface area (Å²) in [7, 11) is 2.13. The monoisotopic (exact) mass is 284 g/mol. The topological polar surface area (TPSA) is 33.1 Å². The summed E-state index contributed by atoms with van der Waals surface area (Å²) in [6, 6.07) is 10.8. The van der Waals surface area contributed by atoms with E-state index in [1.165, 1.54) is 17.0 Å². The van der Waals surface area contributed by atoms with Gasteiger partial charge in [0.15, 0.2) is 0 Å². The summed E-state index contributed by atoms with van der Waals surface area (Å²) in [5.74, 6) is 1.07. The van der Waals surface area contributed by atoms with Crippen LogP contribution >= 0.6 is 0 Å². The lowest BCUT2D eigenvalue weighted by Crippen LogP contribution is -2.40. The molecule has 0 aliphatic carbocycles. The van der Waals surface area contributed by atoms with Crippen LogP contribution in [0.5, 0.6) is 0 Å². The molecule has 0 amide bonds. The van der Waals surface area contributed by atoms with E-state index in [0.29, 0.717) is 6.04 Å². The Kier molecular flexibility index (Phi) is 4.08. The molecule has 0 bridgehead atoms. The van der Waals surface area contributed by atoms with E-state index in [2.05, 4.69) is 59.9 Å². The minimum absolute atomic E-state index is 0.382. The van der Waals surface area contributed by atoms with Crippen LogP contribution in [0.3, 0.4) is 0 Å². The second-order valence-electron chi connectivity index (χ2n) is 5.56. The normalized spacial score (nSPS) is 18.0. The van der Waals surface area contributed by atoms with Crippen molar-refractivity contribution in [2.75, 3.05) is 19.6 Å². The van der Waals surface area contributed by atoms with Crippen molar-refractivity contribution in [3.63, 3.8) is 0 Å². The smallest absolute Gasteiger partial charge is 0.140 e. The largest absolute Gasteiger partial charge is 0.330 e. The molecule has 21 heavy (non-hydrogen) atoms. The third kappa shape index (κ3) is 2.49. The number of nitrogens with zero attached hydrogens (tertiary/aromatic N) is 3. The predicted octanol–water partition coefficient (Wildman–Crippen LogP) is 2.57. The third-order valence-electron chi connectivity index (χ3n) is 4.48. The van der Waals surface area contributed by atoms with Gasteiger partial charge in [-0.2, -0.15) is 0 Å². The summed E-state index contributed by atoms with van der Waals surface area (Å²) in [6.45, 7) is 8.44. The van der Waals surface area contributed by atoms with Crippen LogP contribution in [-0.4, -0.2) is 34.1 Å². The Morgan fingerprint density at radius 2 is 1.95 bits per heavy atom. The number of benzene rings is 1. The molecule has 0 fully saturated rings. The molecular formula is C17H24N4. The second kappa shape index (κ2) is 6.00. The lowest BCUT2D eigenvalue weighted by Gasteiger charge is -2.32. The summed E-state index contributed by atoms with van der Waals surface area (Å²) < 4.78 is 2.24. The molecule has 4 heteroatoms. The van der Waals surface area contributed by atoms with Crippen LogP contribution < -0.4 is 5.32 Å². The van der Waals surface area contributed by atoms with Gasteiger partial charge in [0.2, 0.25) is 0 Å². The number of imidazole rings is 1. The van der Waals surface area contributed by atoms with Crippen molar-refractivity contribution in [3.8, 4) is 11.4 Å². The van der Waals surface area contributed by atoms with Crippen molar-refractivity contribution >= 4 is 0 Å². The first-order valence-corrected chi connectivity index (χ1v) is 7.81. The number of fused-ring (bicyclic) bond motifs is 1. The van der Waals surface area contributed by atoms with Gasteiger partial charge in [0.05, 0.1) is 17.4 Å². The molecular weight excluding hydrogens is 260 g/mol. The van der Waals surface area contributed by atoms with E-state index in [4.69, 9.17) is 4.98 Å². The summed E-state index contributed by atoms with van der Waals surface area (Å²) in [5.41, 5.74) is 3.75. The Hall–Kier alpha value is -1.65. The van der Waals surface area contributed by atoms with Crippen molar-refractivity contribution in [1.29, 1.82) is 0 Å². The summed E-state index contributed by atoms with van der Waals surface area (Å²) in [5, 5.41) is 3.54. The quantitative estimate of drug-likeness (QED) is 0.937. The fraction of sp³-hybridized carbons (Fsp3) is 0.471. The number of rotatable bonds is 4. The SMILES string of the molecule is CCN(CC)C1CNCc2c1nc(-c1ccccc1)n2C. The lowest BCUT2D eigenvalue weighted by atomic mass is 10.1. The predicted molar refractivity (Wildman–Crippen MR) is 86.0 cm³/mol. The third-order valence-corrected chi connectivity index (χ3v) is 4.48. The highest BCUT2D eigenvalue weighted by molar-refractivity contribution is 5.57. The van der Waals surface area contributed by atoms with E-state index < -0.39 is 0 Å². The van der Waals surface area contributed by atoms with Crippen LogP contribution in [0.1, 0.15) is 31.3 Å².